The smallest absolute Gasteiger partial charge is 0.408 e. The Balaban J connectivity index is 1.59. The molecule has 0 radical (unpaired) electrons. The first-order chi connectivity index (χ1) is 19.6. The van der Waals surface area contributed by atoms with E-state index in [1.807, 2.05) is 0 Å². The Kier molecular flexibility index (Phi) is 12.2. The van der Waals surface area contributed by atoms with Crippen LogP contribution in [0.1, 0.15) is 69.8 Å². The number of aliphatic carboxylic acids is 2. The van der Waals surface area contributed by atoms with Gasteiger partial charge in [-0.1, -0.05) is 36.6 Å². The number of hydrogen-bond donors (Lipinski definition) is 5. The molecule has 2 aliphatic rings. The summed E-state index contributed by atoms with van der Waals surface area (Å²) in [5.41, 5.74) is 6.24. The molecular formula is C28H39ClN4O8. The summed E-state index contributed by atoms with van der Waals surface area (Å²) in [7, 11) is 0. The van der Waals surface area contributed by atoms with Crippen LogP contribution in [0.4, 0.5) is 4.79 Å². The number of alkyl carbamates (subject to hydrolysis) is 1. The molecule has 0 bridgehead atoms. The molecular weight excluding hydrogens is 556 g/mol. The molecule has 1 saturated carbocycles. The number of carboxylic acid groups (broad SMARTS) is 2. The van der Waals surface area contributed by atoms with E-state index in [0.717, 1.165) is 25.7 Å². The zero-order chi connectivity index (χ0) is 29.9. The van der Waals surface area contributed by atoms with E-state index in [2.05, 4.69) is 10.6 Å². The summed E-state index contributed by atoms with van der Waals surface area (Å²) in [6.45, 7) is 0.320. The Hall–Kier alpha value is -3.38. The van der Waals surface area contributed by atoms with Crippen LogP contribution in [0.15, 0.2) is 24.3 Å². The number of halogens is 1. The summed E-state index contributed by atoms with van der Waals surface area (Å²) in [6.07, 6.45) is 3.86. The van der Waals surface area contributed by atoms with Crippen molar-refractivity contribution in [2.75, 3.05) is 6.54 Å². The number of nitrogens with two attached hydrogens (primary N) is 1. The topological polar surface area (TPSA) is 188 Å². The third-order valence-corrected chi connectivity index (χ3v) is 8.01. The lowest BCUT2D eigenvalue weighted by Crippen LogP contribution is -2.52. The van der Waals surface area contributed by atoms with E-state index >= 15 is 0 Å². The van der Waals surface area contributed by atoms with Crippen molar-refractivity contribution >= 4 is 41.4 Å². The van der Waals surface area contributed by atoms with Crippen LogP contribution in [0.3, 0.4) is 0 Å². The lowest BCUT2D eigenvalue weighted by atomic mass is 9.84. The largest absolute Gasteiger partial charge is 0.480 e. The summed E-state index contributed by atoms with van der Waals surface area (Å²) in [4.78, 5) is 63.9. The van der Waals surface area contributed by atoms with Gasteiger partial charge in [-0.25, -0.2) is 14.4 Å². The van der Waals surface area contributed by atoms with Gasteiger partial charge >= 0.3 is 18.0 Å². The zero-order valence-electron chi connectivity index (χ0n) is 22.9. The van der Waals surface area contributed by atoms with Gasteiger partial charge in [-0.15, -0.1) is 0 Å². The molecule has 226 valence electrons. The molecule has 0 unspecified atom stereocenters. The highest BCUT2D eigenvalue weighted by Gasteiger charge is 2.47. The summed E-state index contributed by atoms with van der Waals surface area (Å²) < 4.78 is 5.20. The van der Waals surface area contributed by atoms with E-state index in [1.54, 1.807) is 24.3 Å². The Morgan fingerprint density at radius 2 is 1.71 bits per heavy atom. The summed E-state index contributed by atoms with van der Waals surface area (Å²) >= 11 is 5.86. The van der Waals surface area contributed by atoms with Gasteiger partial charge in [0.15, 0.2) is 0 Å². The van der Waals surface area contributed by atoms with Crippen LogP contribution in [0.5, 0.6) is 0 Å². The lowest BCUT2D eigenvalue weighted by Gasteiger charge is -2.33. The molecule has 5 atom stereocenters. The maximum Gasteiger partial charge on any atom is 0.408 e. The lowest BCUT2D eigenvalue weighted by molar-refractivity contribution is -0.150. The van der Waals surface area contributed by atoms with E-state index in [4.69, 9.17) is 22.1 Å². The van der Waals surface area contributed by atoms with Crippen LogP contribution in [0, 0.1) is 5.92 Å². The standard InChI is InChI=1S/C28H39ClN4O8/c29-19-10-8-17(9-11-19)16-41-28(40)32-20(6-3-4-14-30)25(35)31-21(26(36)37)12-13-24(34)33-22-7-2-1-5-18(22)15-23(33)27(38)39/h8-11,18,20-23H,1-7,12-16,30H2,(H,31,35)(H,32,40)(H,36,37)(H,38,39)/t18-,20-,21+,22-,23-/m0/s1. The number of nitrogens with one attached hydrogen (secondary N) is 2. The number of fused-ring (bicyclic) bond motifs is 1. The average molecular weight is 595 g/mol. The van der Waals surface area contributed by atoms with E-state index < -0.39 is 48.0 Å². The summed E-state index contributed by atoms with van der Waals surface area (Å²) in [5, 5.41) is 24.9. The van der Waals surface area contributed by atoms with E-state index in [-0.39, 0.29) is 37.8 Å². The Morgan fingerprint density at radius 3 is 2.37 bits per heavy atom. The van der Waals surface area contributed by atoms with Gasteiger partial charge in [0.25, 0.3) is 0 Å². The molecule has 3 amide bonds. The molecule has 13 heteroatoms. The van der Waals surface area contributed by atoms with Crippen molar-refractivity contribution in [3.8, 4) is 0 Å². The van der Waals surface area contributed by atoms with Gasteiger partial charge in [-0.2, -0.15) is 0 Å². The Labute approximate surface area is 243 Å². The van der Waals surface area contributed by atoms with Crippen LogP contribution >= 0.6 is 11.6 Å². The van der Waals surface area contributed by atoms with Gasteiger partial charge in [0.2, 0.25) is 11.8 Å². The van der Waals surface area contributed by atoms with Crippen LogP contribution in [0.25, 0.3) is 0 Å². The number of ether oxygens (including phenoxy) is 1. The number of carbonyl (C=O) groups is 5. The molecule has 0 spiro atoms. The van der Waals surface area contributed by atoms with Crippen molar-refractivity contribution < 1.29 is 38.9 Å². The highest BCUT2D eigenvalue weighted by atomic mass is 35.5. The number of rotatable bonds is 14. The number of nitrogens with zero attached hydrogens (tertiary/aromatic N) is 1. The van der Waals surface area contributed by atoms with Crippen LogP contribution in [-0.2, 0) is 30.5 Å². The van der Waals surface area contributed by atoms with Gasteiger partial charge < -0.3 is 36.2 Å². The maximum absolute atomic E-state index is 13.2. The van der Waals surface area contributed by atoms with E-state index in [1.165, 1.54) is 4.90 Å². The molecule has 1 aromatic carbocycles. The van der Waals surface area contributed by atoms with Crippen LogP contribution < -0.4 is 16.4 Å². The molecule has 12 nitrogen and oxygen atoms in total. The zero-order valence-corrected chi connectivity index (χ0v) is 23.7. The quantitative estimate of drug-likeness (QED) is 0.202. The number of carbonyl (C=O) groups excluding carboxylic acids is 3. The van der Waals surface area contributed by atoms with E-state index in [0.29, 0.717) is 36.4 Å². The van der Waals surface area contributed by atoms with Crippen molar-refractivity contribution in [1.29, 1.82) is 0 Å². The van der Waals surface area contributed by atoms with Crippen molar-refractivity contribution in [1.82, 2.24) is 15.5 Å². The fourth-order valence-electron chi connectivity index (χ4n) is 5.64. The third kappa shape index (κ3) is 9.32. The predicted octanol–water partition coefficient (Wildman–Crippen LogP) is 2.66. The fourth-order valence-corrected chi connectivity index (χ4v) is 5.77. The minimum absolute atomic E-state index is 0.0598. The summed E-state index contributed by atoms with van der Waals surface area (Å²) in [5.74, 6) is -3.45. The molecule has 1 aromatic rings. The van der Waals surface area contributed by atoms with Gasteiger partial charge in [0, 0.05) is 17.5 Å². The number of carboxylic acids is 2. The maximum atomic E-state index is 13.2. The summed E-state index contributed by atoms with van der Waals surface area (Å²) in [6, 6.07) is 3.09. The Bertz CT molecular complexity index is 1090. The molecule has 41 heavy (non-hydrogen) atoms. The second-order valence-electron chi connectivity index (χ2n) is 10.6. The van der Waals surface area contributed by atoms with Gasteiger partial charge in [0.05, 0.1) is 0 Å². The SMILES string of the molecule is NCCCC[C@H](NC(=O)OCc1ccc(Cl)cc1)C(=O)N[C@H](CCC(=O)N1[C@H](C(=O)O)C[C@@H]2CCCC[C@@H]21)C(=O)O. The minimum Gasteiger partial charge on any atom is -0.480 e. The van der Waals surface area contributed by atoms with E-state index in [9.17, 15) is 34.2 Å². The number of unbranched alkanes of at least 4 members (excludes halogenated alkanes) is 1. The molecule has 1 aliphatic carbocycles. The molecule has 3 rings (SSSR count). The molecule has 1 aliphatic heterocycles. The highest BCUT2D eigenvalue weighted by molar-refractivity contribution is 6.30. The fraction of sp³-hybridized carbons (Fsp3) is 0.607. The number of benzene rings is 1. The number of likely N-dealkylation sites (tertiary alicyclic amines) is 1. The molecule has 1 heterocycles. The molecule has 2 fully saturated rings. The molecule has 1 saturated heterocycles. The van der Waals surface area contributed by atoms with Crippen molar-refractivity contribution in [3.63, 3.8) is 0 Å². The van der Waals surface area contributed by atoms with Gasteiger partial charge in [0.1, 0.15) is 24.7 Å². The first-order valence-electron chi connectivity index (χ1n) is 14.1. The molecule has 6 N–H and O–H groups in total. The average Bonchev–Trinajstić information content (AvgIpc) is 3.34. The third-order valence-electron chi connectivity index (χ3n) is 7.76. The number of amides is 3. The highest BCUT2D eigenvalue weighted by Crippen LogP contribution is 2.40. The minimum atomic E-state index is -1.41. The first-order valence-corrected chi connectivity index (χ1v) is 14.4. The second-order valence-corrected chi connectivity index (χ2v) is 11.1. The van der Waals surface area contributed by atoms with Crippen molar-refractivity contribution in [2.24, 2.45) is 11.7 Å². The number of hydrogen-bond acceptors (Lipinski definition) is 7. The van der Waals surface area contributed by atoms with Crippen molar-refractivity contribution in [2.45, 2.75) is 95.0 Å². The normalized spacial score (nSPS) is 21.3. The second kappa shape index (κ2) is 15.6. The first kappa shape index (κ1) is 32.1. The van der Waals surface area contributed by atoms with Crippen molar-refractivity contribution in [3.05, 3.63) is 34.9 Å². The van der Waals surface area contributed by atoms with Gasteiger partial charge in [-0.3, -0.25) is 9.59 Å². The van der Waals surface area contributed by atoms with Crippen LogP contribution in [-0.4, -0.2) is 75.7 Å². The predicted molar refractivity (Wildman–Crippen MR) is 149 cm³/mol. The monoisotopic (exact) mass is 594 g/mol. The Morgan fingerprint density at radius 1 is 1.00 bits per heavy atom. The van der Waals surface area contributed by atoms with Gasteiger partial charge in [-0.05, 0) is 75.1 Å². The van der Waals surface area contributed by atoms with Crippen LogP contribution in [0.2, 0.25) is 5.02 Å². The molecule has 0 aromatic heterocycles.